The first-order chi connectivity index (χ1) is 9.89. The monoisotopic (exact) mass is 336 g/mol. The van der Waals surface area contributed by atoms with Crippen molar-refractivity contribution >= 4 is 18.3 Å². The van der Waals surface area contributed by atoms with Crippen LogP contribution in [-0.2, 0) is 6.18 Å². The normalized spacial score (nSPS) is 19.0. The molecule has 1 unspecified atom stereocenters. The second kappa shape index (κ2) is 7.83. The summed E-state index contributed by atoms with van der Waals surface area (Å²) in [7, 11) is 1.72. The molecule has 1 amide bonds. The molecule has 1 aromatic carbocycles. The zero-order valence-electron chi connectivity index (χ0n) is 12.3. The lowest BCUT2D eigenvalue weighted by atomic mass is 10.1. The van der Waals surface area contributed by atoms with Gasteiger partial charge in [0.05, 0.1) is 5.56 Å². The Morgan fingerprint density at radius 1 is 1.18 bits per heavy atom. The zero-order chi connectivity index (χ0) is 15.5. The van der Waals surface area contributed by atoms with Gasteiger partial charge in [-0.3, -0.25) is 4.79 Å². The summed E-state index contributed by atoms with van der Waals surface area (Å²) >= 11 is 0. The summed E-state index contributed by atoms with van der Waals surface area (Å²) in [5.74, 6) is -0.226. The van der Waals surface area contributed by atoms with Gasteiger partial charge in [-0.2, -0.15) is 13.2 Å². The van der Waals surface area contributed by atoms with E-state index < -0.39 is 11.7 Å². The Morgan fingerprint density at radius 3 is 2.41 bits per heavy atom. The van der Waals surface area contributed by atoms with Crippen LogP contribution in [0, 0.1) is 0 Å². The summed E-state index contributed by atoms with van der Waals surface area (Å²) in [6.07, 6.45) is -1.60. The molecule has 1 N–H and O–H groups in total. The van der Waals surface area contributed by atoms with E-state index in [1.54, 1.807) is 11.9 Å². The van der Waals surface area contributed by atoms with Crippen LogP contribution in [0.5, 0.6) is 0 Å². The number of halogens is 4. The molecule has 0 aliphatic carbocycles. The molecule has 0 radical (unpaired) electrons. The number of amides is 1. The van der Waals surface area contributed by atoms with Crippen molar-refractivity contribution in [3.05, 3.63) is 35.4 Å². The summed E-state index contributed by atoms with van der Waals surface area (Å²) in [6.45, 7) is 1.80. The molecule has 0 spiro atoms. The number of nitrogens with zero attached hydrogens (tertiary/aromatic N) is 1. The second-order valence-corrected chi connectivity index (χ2v) is 5.33. The minimum Gasteiger partial charge on any atom is -0.339 e. The van der Waals surface area contributed by atoms with Crippen molar-refractivity contribution in [2.24, 2.45) is 0 Å². The summed E-state index contributed by atoms with van der Waals surface area (Å²) in [4.78, 5) is 14.0. The first-order valence-corrected chi connectivity index (χ1v) is 7.05. The third-order valence-corrected chi connectivity index (χ3v) is 3.87. The number of carbonyl (C=O) groups is 1. The van der Waals surface area contributed by atoms with Gasteiger partial charge in [0, 0.05) is 18.7 Å². The van der Waals surface area contributed by atoms with Crippen LogP contribution in [0.4, 0.5) is 13.2 Å². The third-order valence-electron chi connectivity index (χ3n) is 3.87. The van der Waals surface area contributed by atoms with Crippen molar-refractivity contribution in [3.8, 4) is 0 Å². The molecule has 7 heteroatoms. The van der Waals surface area contributed by atoms with Gasteiger partial charge in [-0.1, -0.05) is 0 Å². The molecule has 2 rings (SSSR count). The minimum atomic E-state index is -4.37. The standard InChI is InChI=1S/C15H19F3N2O.ClH/c1-20(13-3-2-9-19-10-8-13)14(21)11-4-6-12(7-5-11)15(16,17)18;/h4-7,13,19H,2-3,8-10H2,1H3;1H. The van der Waals surface area contributed by atoms with Crippen LogP contribution in [0.2, 0.25) is 0 Å². The zero-order valence-corrected chi connectivity index (χ0v) is 13.1. The Labute approximate surface area is 134 Å². The first kappa shape index (κ1) is 18.8. The first-order valence-electron chi connectivity index (χ1n) is 7.05. The van der Waals surface area contributed by atoms with Gasteiger partial charge in [0.15, 0.2) is 0 Å². The SMILES string of the molecule is CN(C(=O)c1ccc(C(F)(F)F)cc1)C1CCCNCC1.Cl. The number of hydrogen-bond donors (Lipinski definition) is 1. The van der Waals surface area contributed by atoms with Gasteiger partial charge in [-0.05, 0) is 56.6 Å². The molecule has 22 heavy (non-hydrogen) atoms. The van der Waals surface area contributed by atoms with Crippen LogP contribution >= 0.6 is 12.4 Å². The van der Waals surface area contributed by atoms with Gasteiger partial charge in [0.25, 0.3) is 5.91 Å². The van der Waals surface area contributed by atoms with Crippen molar-refractivity contribution in [2.45, 2.75) is 31.5 Å². The van der Waals surface area contributed by atoms with Crippen LogP contribution in [0.15, 0.2) is 24.3 Å². The predicted molar refractivity (Wildman–Crippen MR) is 81.3 cm³/mol. The molecular weight excluding hydrogens is 317 g/mol. The van der Waals surface area contributed by atoms with E-state index in [0.29, 0.717) is 5.56 Å². The summed E-state index contributed by atoms with van der Waals surface area (Å²) in [6, 6.07) is 4.54. The number of benzene rings is 1. The molecule has 1 aliphatic heterocycles. The Balaban J connectivity index is 0.00000242. The topological polar surface area (TPSA) is 32.3 Å². The van der Waals surface area contributed by atoms with Gasteiger partial charge in [0.2, 0.25) is 0 Å². The van der Waals surface area contributed by atoms with Gasteiger partial charge >= 0.3 is 6.18 Å². The highest BCUT2D eigenvalue weighted by Gasteiger charge is 2.30. The summed E-state index contributed by atoms with van der Waals surface area (Å²) < 4.78 is 37.5. The Morgan fingerprint density at radius 2 is 1.82 bits per heavy atom. The maximum Gasteiger partial charge on any atom is 0.416 e. The number of hydrogen-bond acceptors (Lipinski definition) is 2. The maximum absolute atomic E-state index is 12.5. The van der Waals surface area contributed by atoms with Crippen molar-refractivity contribution < 1.29 is 18.0 Å². The fraction of sp³-hybridized carbons (Fsp3) is 0.533. The highest BCUT2D eigenvalue weighted by molar-refractivity contribution is 5.94. The number of rotatable bonds is 2. The fourth-order valence-corrected chi connectivity index (χ4v) is 2.56. The average molecular weight is 337 g/mol. The average Bonchev–Trinajstić information content (AvgIpc) is 2.74. The summed E-state index contributed by atoms with van der Waals surface area (Å²) in [5.41, 5.74) is -0.442. The molecule has 0 aromatic heterocycles. The molecule has 1 fully saturated rings. The molecule has 1 aliphatic rings. The largest absolute Gasteiger partial charge is 0.416 e. The molecule has 0 saturated carbocycles. The van der Waals surface area contributed by atoms with E-state index >= 15 is 0 Å². The third kappa shape index (κ3) is 4.61. The predicted octanol–water partition coefficient (Wildman–Crippen LogP) is 3.34. The van der Waals surface area contributed by atoms with Crippen LogP contribution in [0.25, 0.3) is 0 Å². The quantitative estimate of drug-likeness (QED) is 0.898. The van der Waals surface area contributed by atoms with Crippen LogP contribution < -0.4 is 5.32 Å². The van der Waals surface area contributed by atoms with E-state index in [0.717, 1.165) is 44.5 Å². The van der Waals surface area contributed by atoms with Crippen molar-refractivity contribution in [1.82, 2.24) is 10.2 Å². The Bertz CT molecular complexity index is 483. The molecule has 124 valence electrons. The van der Waals surface area contributed by atoms with Crippen LogP contribution in [0.1, 0.15) is 35.2 Å². The fourth-order valence-electron chi connectivity index (χ4n) is 2.56. The van der Waals surface area contributed by atoms with Crippen molar-refractivity contribution in [3.63, 3.8) is 0 Å². The van der Waals surface area contributed by atoms with E-state index in [4.69, 9.17) is 0 Å². The smallest absolute Gasteiger partial charge is 0.339 e. The lowest BCUT2D eigenvalue weighted by Crippen LogP contribution is -2.37. The minimum absolute atomic E-state index is 0. The molecule has 0 bridgehead atoms. The lowest BCUT2D eigenvalue weighted by molar-refractivity contribution is -0.137. The van der Waals surface area contributed by atoms with E-state index in [1.165, 1.54) is 12.1 Å². The van der Waals surface area contributed by atoms with E-state index in [2.05, 4.69) is 5.32 Å². The molecule has 1 heterocycles. The Hall–Kier alpha value is -1.27. The number of nitrogens with one attached hydrogen (secondary N) is 1. The van der Waals surface area contributed by atoms with Gasteiger partial charge in [-0.15, -0.1) is 12.4 Å². The molecule has 1 aromatic rings. The van der Waals surface area contributed by atoms with Gasteiger partial charge in [-0.25, -0.2) is 0 Å². The molecule has 1 atom stereocenters. The molecule has 3 nitrogen and oxygen atoms in total. The van der Waals surface area contributed by atoms with Crippen LogP contribution in [0.3, 0.4) is 0 Å². The maximum atomic E-state index is 12.5. The van der Waals surface area contributed by atoms with Gasteiger partial charge < -0.3 is 10.2 Å². The van der Waals surface area contributed by atoms with Gasteiger partial charge in [0.1, 0.15) is 0 Å². The van der Waals surface area contributed by atoms with Crippen LogP contribution in [-0.4, -0.2) is 37.0 Å². The van der Waals surface area contributed by atoms with E-state index in [1.807, 2.05) is 0 Å². The summed E-state index contributed by atoms with van der Waals surface area (Å²) in [5, 5.41) is 3.27. The Kier molecular flexibility index (Phi) is 6.68. The molecule has 1 saturated heterocycles. The highest BCUT2D eigenvalue weighted by atomic mass is 35.5. The number of alkyl halides is 3. The van der Waals surface area contributed by atoms with Crippen molar-refractivity contribution in [2.75, 3.05) is 20.1 Å². The molecular formula is C15H20ClF3N2O. The highest BCUT2D eigenvalue weighted by Crippen LogP contribution is 2.29. The lowest BCUT2D eigenvalue weighted by Gasteiger charge is -2.27. The van der Waals surface area contributed by atoms with Crippen molar-refractivity contribution in [1.29, 1.82) is 0 Å². The number of carbonyl (C=O) groups excluding carboxylic acids is 1. The van der Waals surface area contributed by atoms with E-state index in [9.17, 15) is 18.0 Å². The second-order valence-electron chi connectivity index (χ2n) is 5.33. The van der Waals surface area contributed by atoms with E-state index in [-0.39, 0.29) is 24.4 Å².